The third-order valence-corrected chi connectivity index (χ3v) is 27.6. The van der Waals surface area contributed by atoms with Crippen LogP contribution in [-0.4, -0.2) is 0 Å². The Balaban J connectivity index is 0.000000151. The SMILES string of the molecule is c1ccc(-c2ccccc2-c2cc(-c3ccc4oc(-c5ccccc5)c(-c5ccccc5)c4c3)c(-c3cccc4ccccc34)cc2-c2ccc3oc(-c4ccccc4)c(-c4ccccc4)c3c2)cc1.c1ccc(-c2oc3ccc(-c4cc(N(c5ccccc5)c5ccccc5)c(-c5ccc6oc(-c7ccccc7)c(-c7ccccc7)c6c5)cc4N(c4ccccc4)c4ccccc4)cc3c2-c2ccccc2)cc1. The second kappa shape index (κ2) is 38.3. The molecule has 0 aliphatic heterocycles. The maximum Gasteiger partial charge on any atom is 0.143 e. The lowest BCUT2D eigenvalue weighted by Gasteiger charge is -2.32. The molecule has 144 heavy (non-hydrogen) atoms. The monoisotopic (exact) mass is 1840 g/mol. The third-order valence-electron chi connectivity index (χ3n) is 27.6. The molecule has 26 aromatic rings. The predicted octanol–water partition coefficient (Wildman–Crippen LogP) is 39.5. The van der Waals surface area contributed by atoms with Gasteiger partial charge in [0.05, 0.1) is 11.4 Å². The lowest BCUT2D eigenvalue weighted by Crippen LogP contribution is -2.14. The van der Waals surface area contributed by atoms with E-state index in [9.17, 15) is 0 Å². The fourth-order valence-electron chi connectivity index (χ4n) is 20.9. The van der Waals surface area contributed by atoms with Gasteiger partial charge in [-0.3, -0.25) is 0 Å². The highest BCUT2D eigenvalue weighted by molar-refractivity contribution is 6.13. The Hall–Kier alpha value is -19.1. The van der Waals surface area contributed by atoms with Crippen molar-refractivity contribution in [1.29, 1.82) is 0 Å². The van der Waals surface area contributed by atoms with E-state index in [0.29, 0.717) is 0 Å². The Labute approximate surface area is 836 Å². The van der Waals surface area contributed by atoms with Crippen molar-refractivity contribution in [2.75, 3.05) is 9.80 Å². The first-order valence-electron chi connectivity index (χ1n) is 49.0. The molecule has 6 heteroatoms. The van der Waals surface area contributed by atoms with Crippen molar-refractivity contribution in [1.82, 2.24) is 0 Å². The van der Waals surface area contributed by atoms with E-state index in [1.807, 2.05) is 12.1 Å². The third kappa shape index (κ3) is 16.5. The normalized spacial score (nSPS) is 11.3. The van der Waals surface area contributed by atoms with E-state index in [0.717, 1.165) is 240 Å². The van der Waals surface area contributed by atoms with Gasteiger partial charge in [0.15, 0.2) is 0 Å². The van der Waals surface area contributed by atoms with E-state index in [2.05, 4.69) is 556 Å². The summed E-state index contributed by atoms with van der Waals surface area (Å²) in [7, 11) is 0. The van der Waals surface area contributed by atoms with Crippen LogP contribution < -0.4 is 9.80 Å². The minimum absolute atomic E-state index is 0.820. The first-order valence-corrected chi connectivity index (χ1v) is 49.0. The number of fused-ring (bicyclic) bond motifs is 5. The van der Waals surface area contributed by atoms with Gasteiger partial charge < -0.3 is 27.5 Å². The van der Waals surface area contributed by atoms with Crippen LogP contribution in [0.4, 0.5) is 34.1 Å². The molecule has 0 amide bonds. The lowest BCUT2D eigenvalue weighted by molar-refractivity contribution is 0.632. The molecule has 6 nitrogen and oxygen atoms in total. The zero-order valence-electron chi connectivity index (χ0n) is 78.6. The lowest BCUT2D eigenvalue weighted by atomic mass is 9.82. The van der Waals surface area contributed by atoms with Crippen LogP contribution in [0.15, 0.2) is 576 Å². The zero-order chi connectivity index (χ0) is 95.6. The molecule has 4 aromatic heterocycles. The van der Waals surface area contributed by atoms with Crippen molar-refractivity contribution in [3.63, 3.8) is 0 Å². The minimum atomic E-state index is 0.820. The summed E-state index contributed by atoms with van der Waals surface area (Å²) in [6, 6.07) is 199. The number of benzene rings is 22. The summed E-state index contributed by atoms with van der Waals surface area (Å²) in [6.45, 7) is 0. The van der Waals surface area contributed by atoms with E-state index in [4.69, 9.17) is 17.7 Å². The number of para-hydroxylation sites is 4. The molecule has 0 N–H and O–H groups in total. The average Bonchev–Trinajstić information content (AvgIpc) is 1.46. The average molecular weight is 1840 g/mol. The largest absolute Gasteiger partial charge is 0.455 e. The summed E-state index contributed by atoms with van der Waals surface area (Å²) in [5.41, 5.74) is 37.8. The molecule has 0 aliphatic carbocycles. The second-order valence-corrected chi connectivity index (χ2v) is 36.3. The van der Waals surface area contributed by atoms with Gasteiger partial charge in [0.1, 0.15) is 45.4 Å². The summed E-state index contributed by atoms with van der Waals surface area (Å²) < 4.78 is 27.4. The first-order chi connectivity index (χ1) is 71.5. The highest BCUT2D eigenvalue weighted by Crippen LogP contribution is 2.56. The molecule has 678 valence electrons. The van der Waals surface area contributed by atoms with E-state index < -0.39 is 0 Å². The highest BCUT2D eigenvalue weighted by Gasteiger charge is 2.31. The molecule has 0 spiro atoms. The molecule has 26 rings (SSSR count). The van der Waals surface area contributed by atoms with Gasteiger partial charge in [0.25, 0.3) is 0 Å². The van der Waals surface area contributed by atoms with E-state index in [-0.39, 0.29) is 0 Å². The van der Waals surface area contributed by atoms with Crippen molar-refractivity contribution in [3.8, 4) is 168 Å². The topological polar surface area (TPSA) is 59.0 Å². The Morgan fingerprint density at radius 2 is 0.354 bits per heavy atom. The number of hydrogen-bond acceptors (Lipinski definition) is 6. The molecule has 0 fully saturated rings. The van der Waals surface area contributed by atoms with Crippen molar-refractivity contribution < 1.29 is 17.7 Å². The van der Waals surface area contributed by atoms with Crippen LogP contribution in [0.1, 0.15) is 0 Å². The van der Waals surface area contributed by atoms with Gasteiger partial charge in [-0.05, 0) is 221 Å². The van der Waals surface area contributed by atoms with Crippen LogP contribution in [0.5, 0.6) is 0 Å². The summed E-state index contributed by atoms with van der Waals surface area (Å²) in [5, 5.41) is 6.58. The smallest absolute Gasteiger partial charge is 0.143 e. The molecule has 0 saturated carbocycles. The van der Waals surface area contributed by atoms with Crippen LogP contribution in [0.2, 0.25) is 0 Å². The van der Waals surface area contributed by atoms with Gasteiger partial charge >= 0.3 is 0 Å². The minimum Gasteiger partial charge on any atom is -0.455 e. The molecular formula is C138H92N2O4. The maximum atomic E-state index is 6.88. The van der Waals surface area contributed by atoms with Gasteiger partial charge in [-0.25, -0.2) is 0 Å². The standard InChI is InChI=1S/C70H48N2O2.C68H44O2/c1-9-25-49(26-10-1)67-61-45-53(41-43-65(61)73-69(67)51-29-13-3-14-30-51)59-47-64(72(57-37-21-7-22-38-57)58-39-23-8-24-40-58)60(48-63(59)71(55-33-17-5-18-34-55)56-35-19-6-20-36-56)54-42-44-66-62(46-54)68(50-27-11-2-12-28-50)70(74-66)52-31-15-4-16-32-52;1-6-21-45(22-7-1)53-34-18-19-35-55(53)59-43-58(52-38-40-64-62(42-52)66(48-26-10-3-11-27-48)68(70-64)50-30-14-5-15-31-50)60(56-36-20-32-46-23-16-17-33-54(46)56)44-57(59)51-37-39-63-61(41-51)65(47-24-8-2-9-25-47)67(69-63)49-28-12-4-13-29-49/h1-48H;1-44H. The predicted molar refractivity (Wildman–Crippen MR) is 600 cm³/mol. The van der Waals surface area contributed by atoms with Gasteiger partial charge in [-0.2, -0.15) is 0 Å². The Morgan fingerprint density at radius 1 is 0.125 bits per heavy atom. The summed E-state index contributed by atoms with van der Waals surface area (Å²) in [4.78, 5) is 4.79. The van der Waals surface area contributed by atoms with Crippen LogP contribution in [0, 0.1) is 0 Å². The van der Waals surface area contributed by atoms with Crippen molar-refractivity contribution in [2.24, 2.45) is 0 Å². The Bertz CT molecular complexity index is 8760. The van der Waals surface area contributed by atoms with E-state index in [1.54, 1.807) is 0 Å². The molecule has 0 radical (unpaired) electrons. The van der Waals surface area contributed by atoms with Crippen LogP contribution in [0.25, 0.3) is 222 Å². The number of hydrogen-bond donors (Lipinski definition) is 0. The first kappa shape index (κ1) is 86.4. The molecule has 0 unspecified atom stereocenters. The number of anilines is 6. The quantitative estimate of drug-likeness (QED) is 0.0715. The molecular weight excluding hydrogens is 1750 g/mol. The zero-order valence-corrected chi connectivity index (χ0v) is 78.6. The summed E-state index contributed by atoms with van der Waals surface area (Å²) in [5.74, 6) is 3.41. The Morgan fingerprint density at radius 3 is 0.660 bits per heavy atom. The number of nitrogens with zero attached hydrogens (tertiary/aromatic N) is 2. The van der Waals surface area contributed by atoms with E-state index >= 15 is 0 Å². The van der Waals surface area contributed by atoms with Crippen LogP contribution >= 0.6 is 0 Å². The fraction of sp³-hybridized carbons (Fsp3) is 0. The number of rotatable bonds is 21. The van der Waals surface area contributed by atoms with Gasteiger partial charge in [-0.1, -0.05) is 437 Å². The Kier molecular flexibility index (Phi) is 23.0. The van der Waals surface area contributed by atoms with Crippen LogP contribution in [-0.2, 0) is 0 Å². The fourth-order valence-corrected chi connectivity index (χ4v) is 20.9. The van der Waals surface area contributed by atoms with Gasteiger partial charge in [0.2, 0.25) is 0 Å². The molecule has 4 heterocycles. The van der Waals surface area contributed by atoms with Crippen molar-refractivity contribution in [3.05, 3.63) is 558 Å². The molecule has 22 aromatic carbocycles. The molecule has 0 aliphatic rings. The van der Waals surface area contributed by atoms with Gasteiger partial charge in [0, 0.05) is 99.9 Å². The van der Waals surface area contributed by atoms with E-state index in [1.165, 1.54) is 16.3 Å². The van der Waals surface area contributed by atoms with Crippen molar-refractivity contribution in [2.45, 2.75) is 0 Å². The van der Waals surface area contributed by atoms with Crippen LogP contribution in [0.3, 0.4) is 0 Å². The molecule has 0 bridgehead atoms. The number of furan rings is 4. The second-order valence-electron chi connectivity index (χ2n) is 36.3. The van der Waals surface area contributed by atoms with Crippen molar-refractivity contribution >= 4 is 88.8 Å². The molecule has 0 atom stereocenters. The maximum absolute atomic E-state index is 6.88. The highest BCUT2D eigenvalue weighted by atomic mass is 16.3. The van der Waals surface area contributed by atoms with Gasteiger partial charge in [-0.15, -0.1) is 0 Å². The summed E-state index contributed by atoms with van der Waals surface area (Å²) in [6.07, 6.45) is 0. The molecule has 0 saturated heterocycles. The summed E-state index contributed by atoms with van der Waals surface area (Å²) >= 11 is 0.